The van der Waals surface area contributed by atoms with Gasteiger partial charge in [0.15, 0.2) is 0 Å². The SMILES string of the molecule is COP(=O)(O)OCC1OC(F)CC1OP(=O)(O)OCC1OC(C)CC1C. The fraction of sp³-hybridized carbons (Fsp3) is 1.00. The third-order valence-electron chi connectivity index (χ3n) is 4.20. The highest BCUT2D eigenvalue weighted by Gasteiger charge is 2.43. The Morgan fingerprint density at radius 2 is 1.65 bits per heavy atom. The molecule has 154 valence electrons. The van der Waals surface area contributed by atoms with Crippen LogP contribution in [0.15, 0.2) is 0 Å². The van der Waals surface area contributed by atoms with Crippen molar-refractivity contribution in [3.63, 3.8) is 0 Å². The molecule has 26 heavy (non-hydrogen) atoms. The zero-order valence-electron chi connectivity index (χ0n) is 14.7. The maximum atomic E-state index is 13.5. The van der Waals surface area contributed by atoms with Crippen LogP contribution in [0.25, 0.3) is 0 Å². The summed E-state index contributed by atoms with van der Waals surface area (Å²) in [7, 11) is -7.86. The second-order valence-corrected chi connectivity index (χ2v) is 9.34. The lowest BCUT2D eigenvalue weighted by molar-refractivity contribution is -0.0662. The highest BCUT2D eigenvalue weighted by Crippen LogP contribution is 2.49. The molecule has 10 nitrogen and oxygen atoms in total. The van der Waals surface area contributed by atoms with Gasteiger partial charge in [-0.1, -0.05) is 6.92 Å². The van der Waals surface area contributed by atoms with Gasteiger partial charge in [-0.25, -0.2) is 13.5 Å². The monoisotopic (exact) mass is 422 g/mol. The first kappa shape index (κ1) is 22.4. The van der Waals surface area contributed by atoms with E-state index < -0.39 is 40.8 Å². The molecule has 0 spiro atoms. The average Bonchev–Trinajstić information content (AvgIpc) is 3.04. The Kier molecular flexibility index (Phi) is 7.78. The van der Waals surface area contributed by atoms with Crippen LogP contribution >= 0.6 is 15.6 Å². The van der Waals surface area contributed by atoms with Gasteiger partial charge in [0.05, 0.1) is 25.4 Å². The summed E-state index contributed by atoms with van der Waals surface area (Å²) in [5.41, 5.74) is 0. The molecule has 0 bridgehead atoms. The number of phosphoric ester groups is 2. The lowest BCUT2D eigenvalue weighted by atomic mass is 10.0. The molecule has 2 aliphatic heterocycles. The second-order valence-electron chi connectivity index (χ2n) is 6.37. The Hall–Kier alpha value is 0.0700. The summed E-state index contributed by atoms with van der Waals surface area (Å²) < 4.78 is 66.1. The minimum absolute atomic E-state index is 0.0320. The molecule has 2 fully saturated rings. The summed E-state index contributed by atoms with van der Waals surface area (Å²) in [5, 5.41) is 0. The minimum Gasteiger partial charge on any atom is -0.373 e. The van der Waals surface area contributed by atoms with Gasteiger partial charge in [0.2, 0.25) is 6.36 Å². The summed E-state index contributed by atoms with van der Waals surface area (Å²) in [6.07, 6.45) is -3.99. The molecular formula is C13H25FO10P2. The van der Waals surface area contributed by atoms with E-state index in [0.29, 0.717) is 0 Å². The molecule has 8 atom stereocenters. The van der Waals surface area contributed by atoms with Crippen molar-refractivity contribution in [1.82, 2.24) is 0 Å². The van der Waals surface area contributed by atoms with Gasteiger partial charge in [0.1, 0.15) is 12.2 Å². The maximum Gasteiger partial charge on any atom is 0.472 e. The number of phosphoric acid groups is 2. The number of hydrogen-bond acceptors (Lipinski definition) is 8. The highest BCUT2D eigenvalue weighted by atomic mass is 31.2. The van der Waals surface area contributed by atoms with Gasteiger partial charge in [-0.2, -0.15) is 0 Å². The Morgan fingerprint density at radius 3 is 2.23 bits per heavy atom. The van der Waals surface area contributed by atoms with E-state index in [2.05, 4.69) is 9.05 Å². The van der Waals surface area contributed by atoms with Crippen molar-refractivity contribution in [1.29, 1.82) is 0 Å². The smallest absolute Gasteiger partial charge is 0.373 e. The van der Waals surface area contributed by atoms with Crippen LogP contribution in [0.2, 0.25) is 0 Å². The van der Waals surface area contributed by atoms with E-state index in [1.54, 1.807) is 0 Å². The van der Waals surface area contributed by atoms with E-state index >= 15 is 0 Å². The van der Waals surface area contributed by atoms with Crippen molar-refractivity contribution in [2.24, 2.45) is 5.92 Å². The summed E-state index contributed by atoms with van der Waals surface area (Å²) >= 11 is 0. The fourth-order valence-electron chi connectivity index (χ4n) is 2.88. The lowest BCUT2D eigenvalue weighted by Crippen LogP contribution is -2.29. The molecule has 0 amide bonds. The van der Waals surface area contributed by atoms with Crippen LogP contribution in [0.5, 0.6) is 0 Å². The predicted molar refractivity (Wildman–Crippen MR) is 85.9 cm³/mol. The van der Waals surface area contributed by atoms with Gasteiger partial charge < -0.3 is 19.3 Å². The standard InChI is InChI=1S/C13H25FO10P2/c1-8-4-9(2)22-11(8)6-21-26(17,18)24-10-5-13(14)23-12(10)7-20-25(15,16)19-3/h8-13H,4-7H2,1-3H3,(H,15,16)(H,17,18). The second kappa shape index (κ2) is 9.05. The Morgan fingerprint density at radius 1 is 1.04 bits per heavy atom. The van der Waals surface area contributed by atoms with Crippen molar-refractivity contribution in [3.8, 4) is 0 Å². The van der Waals surface area contributed by atoms with Crippen molar-refractivity contribution in [2.45, 2.75) is 57.5 Å². The van der Waals surface area contributed by atoms with Crippen molar-refractivity contribution < 1.29 is 50.9 Å². The first-order valence-corrected chi connectivity index (χ1v) is 11.1. The first-order chi connectivity index (χ1) is 12.0. The molecular weight excluding hydrogens is 397 g/mol. The largest absolute Gasteiger partial charge is 0.472 e. The maximum absolute atomic E-state index is 13.5. The normalized spacial score (nSPS) is 39.6. The Balaban J connectivity index is 1.87. The number of hydrogen-bond donors (Lipinski definition) is 2. The topological polar surface area (TPSA) is 130 Å². The van der Waals surface area contributed by atoms with Gasteiger partial charge in [0.25, 0.3) is 0 Å². The molecule has 2 saturated heterocycles. The lowest BCUT2D eigenvalue weighted by Gasteiger charge is -2.23. The van der Waals surface area contributed by atoms with E-state index in [9.17, 15) is 23.3 Å². The van der Waals surface area contributed by atoms with Gasteiger partial charge in [-0.3, -0.25) is 18.1 Å². The molecule has 2 rings (SSSR count). The zero-order chi connectivity index (χ0) is 19.5. The summed E-state index contributed by atoms with van der Waals surface area (Å²) in [5.74, 6) is 0.156. The molecule has 0 aliphatic carbocycles. The van der Waals surface area contributed by atoms with Crippen molar-refractivity contribution in [3.05, 3.63) is 0 Å². The van der Waals surface area contributed by atoms with Crippen LogP contribution in [0.3, 0.4) is 0 Å². The predicted octanol–water partition coefficient (Wildman–Crippen LogP) is 2.15. The summed E-state index contributed by atoms with van der Waals surface area (Å²) in [6.45, 7) is 3.12. The van der Waals surface area contributed by atoms with Crippen LogP contribution in [0, 0.1) is 5.92 Å². The Bertz CT molecular complexity index is 563. The molecule has 0 radical (unpaired) electrons. The van der Waals surface area contributed by atoms with Crippen LogP contribution in [0.1, 0.15) is 26.7 Å². The van der Waals surface area contributed by atoms with Gasteiger partial charge in [-0.05, 0) is 19.3 Å². The van der Waals surface area contributed by atoms with Gasteiger partial charge >= 0.3 is 15.6 Å². The molecule has 0 aromatic heterocycles. The molecule has 0 aromatic rings. The van der Waals surface area contributed by atoms with E-state index in [1.165, 1.54) is 0 Å². The fourth-order valence-corrected chi connectivity index (χ4v) is 4.28. The molecule has 8 unspecified atom stereocenters. The van der Waals surface area contributed by atoms with Crippen LogP contribution in [0.4, 0.5) is 4.39 Å². The van der Waals surface area contributed by atoms with E-state index in [-0.39, 0.29) is 31.2 Å². The van der Waals surface area contributed by atoms with Gasteiger partial charge in [-0.15, -0.1) is 0 Å². The van der Waals surface area contributed by atoms with E-state index in [4.69, 9.17) is 18.5 Å². The number of alkyl halides is 1. The van der Waals surface area contributed by atoms with E-state index in [1.807, 2.05) is 13.8 Å². The first-order valence-electron chi connectivity index (χ1n) is 8.15. The molecule has 2 N–H and O–H groups in total. The van der Waals surface area contributed by atoms with E-state index in [0.717, 1.165) is 13.5 Å². The molecule has 13 heteroatoms. The van der Waals surface area contributed by atoms with Crippen LogP contribution < -0.4 is 0 Å². The number of rotatable bonds is 9. The molecule has 0 aromatic carbocycles. The molecule has 0 saturated carbocycles. The summed E-state index contributed by atoms with van der Waals surface area (Å²) in [4.78, 5) is 19.1. The summed E-state index contributed by atoms with van der Waals surface area (Å²) in [6, 6.07) is 0. The minimum atomic E-state index is -4.52. The van der Waals surface area contributed by atoms with Crippen LogP contribution in [-0.4, -0.2) is 60.9 Å². The third kappa shape index (κ3) is 6.60. The average molecular weight is 422 g/mol. The Labute approximate surface area is 151 Å². The van der Waals surface area contributed by atoms with Gasteiger partial charge in [0, 0.05) is 13.5 Å². The van der Waals surface area contributed by atoms with Crippen LogP contribution in [-0.2, 0) is 36.7 Å². The van der Waals surface area contributed by atoms with Crippen molar-refractivity contribution >= 4 is 15.6 Å². The highest BCUT2D eigenvalue weighted by molar-refractivity contribution is 7.47. The zero-order valence-corrected chi connectivity index (χ0v) is 16.5. The third-order valence-corrected chi connectivity index (χ3v) is 6.15. The van der Waals surface area contributed by atoms with Crippen molar-refractivity contribution in [2.75, 3.05) is 20.3 Å². The number of halogens is 1. The molecule has 2 aliphatic rings. The number of ether oxygens (including phenoxy) is 2. The quantitative estimate of drug-likeness (QED) is 0.533. The molecule has 2 heterocycles.